The Morgan fingerprint density at radius 1 is 1.57 bits per heavy atom. The molecule has 0 saturated heterocycles. The maximum Gasteiger partial charge on any atom is 0.127 e. The van der Waals surface area contributed by atoms with Crippen molar-refractivity contribution in [3.63, 3.8) is 0 Å². The van der Waals surface area contributed by atoms with Crippen molar-refractivity contribution in [2.24, 2.45) is 5.73 Å². The Morgan fingerprint density at radius 3 is 3.07 bits per heavy atom. The summed E-state index contributed by atoms with van der Waals surface area (Å²) in [4.78, 5) is 0. The largest absolute Gasteiger partial charge is 0.493 e. The summed E-state index contributed by atoms with van der Waals surface area (Å²) in [6.45, 7) is 2.61. The van der Waals surface area contributed by atoms with Crippen LogP contribution in [0.2, 0.25) is 0 Å². The summed E-state index contributed by atoms with van der Waals surface area (Å²) in [5.41, 5.74) is 8.56. The predicted octanol–water partition coefficient (Wildman–Crippen LogP) is 1.65. The highest BCUT2D eigenvalue weighted by atomic mass is 16.5. The standard InChI is InChI=1S/C11H12N2O/c1-7-4-8(6-12)5-9-10(13)2-3-14-11(7)9/h4-5,10H,2-3,13H2,1H3/t10-/m0/s1. The molecule has 0 fully saturated rings. The van der Waals surface area contributed by atoms with E-state index in [1.54, 1.807) is 0 Å². The number of nitriles is 1. The Bertz CT molecular complexity index is 406. The minimum Gasteiger partial charge on any atom is -0.493 e. The smallest absolute Gasteiger partial charge is 0.127 e. The van der Waals surface area contributed by atoms with Crippen LogP contribution in [0, 0.1) is 18.3 Å². The summed E-state index contributed by atoms with van der Waals surface area (Å²) in [7, 11) is 0. The first-order chi connectivity index (χ1) is 6.72. The van der Waals surface area contributed by atoms with Crippen LogP contribution >= 0.6 is 0 Å². The summed E-state index contributed by atoms with van der Waals surface area (Å²) in [6, 6.07) is 5.79. The van der Waals surface area contributed by atoms with Crippen LogP contribution in [0.3, 0.4) is 0 Å². The van der Waals surface area contributed by atoms with Crippen LogP contribution in [0.15, 0.2) is 12.1 Å². The van der Waals surface area contributed by atoms with E-state index >= 15 is 0 Å². The van der Waals surface area contributed by atoms with E-state index in [0.29, 0.717) is 12.2 Å². The maximum absolute atomic E-state index is 8.82. The number of benzene rings is 1. The zero-order valence-electron chi connectivity index (χ0n) is 8.08. The lowest BCUT2D eigenvalue weighted by Crippen LogP contribution is -2.21. The Hall–Kier alpha value is -1.53. The van der Waals surface area contributed by atoms with Crippen LogP contribution in [-0.4, -0.2) is 6.61 Å². The molecule has 14 heavy (non-hydrogen) atoms. The molecule has 0 unspecified atom stereocenters. The fourth-order valence-corrected chi connectivity index (χ4v) is 1.78. The molecule has 72 valence electrons. The third-order valence-electron chi connectivity index (χ3n) is 2.51. The van der Waals surface area contributed by atoms with Gasteiger partial charge in [-0.3, -0.25) is 0 Å². The lowest BCUT2D eigenvalue weighted by molar-refractivity contribution is 0.267. The Labute approximate surface area is 83.1 Å². The van der Waals surface area contributed by atoms with Gasteiger partial charge in [0.2, 0.25) is 0 Å². The molecule has 1 heterocycles. The Balaban J connectivity index is 2.58. The number of aryl methyl sites for hydroxylation is 1. The van der Waals surface area contributed by atoms with Crippen molar-refractivity contribution in [3.8, 4) is 11.8 Å². The normalized spacial score (nSPS) is 19.4. The second kappa shape index (κ2) is 3.32. The third-order valence-corrected chi connectivity index (χ3v) is 2.51. The lowest BCUT2D eigenvalue weighted by atomic mass is 9.96. The molecular weight excluding hydrogens is 176 g/mol. The highest BCUT2D eigenvalue weighted by Crippen LogP contribution is 2.34. The first kappa shape index (κ1) is 9.04. The molecule has 0 radical (unpaired) electrons. The van der Waals surface area contributed by atoms with E-state index in [2.05, 4.69) is 6.07 Å². The first-order valence-electron chi connectivity index (χ1n) is 4.65. The number of rotatable bonds is 0. The number of ether oxygens (including phenoxy) is 1. The highest BCUT2D eigenvalue weighted by molar-refractivity contribution is 5.49. The van der Waals surface area contributed by atoms with E-state index < -0.39 is 0 Å². The zero-order valence-corrected chi connectivity index (χ0v) is 8.08. The van der Waals surface area contributed by atoms with Gasteiger partial charge in [-0.1, -0.05) is 0 Å². The quantitative estimate of drug-likeness (QED) is 0.673. The molecule has 2 N–H and O–H groups in total. The fourth-order valence-electron chi connectivity index (χ4n) is 1.78. The van der Waals surface area contributed by atoms with E-state index in [-0.39, 0.29) is 6.04 Å². The molecule has 0 spiro atoms. The zero-order chi connectivity index (χ0) is 10.1. The van der Waals surface area contributed by atoms with Crippen molar-refractivity contribution in [2.45, 2.75) is 19.4 Å². The molecule has 0 aliphatic carbocycles. The molecule has 3 nitrogen and oxygen atoms in total. The topological polar surface area (TPSA) is 59.0 Å². The molecule has 1 aliphatic heterocycles. The first-order valence-corrected chi connectivity index (χ1v) is 4.65. The third kappa shape index (κ3) is 1.34. The van der Waals surface area contributed by atoms with E-state index in [9.17, 15) is 0 Å². The highest BCUT2D eigenvalue weighted by Gasteiger charge is 2.20. The molecule has 0 saturated carbocycles. The van der Waals surface area contributed by atoms with Gasteiger partial charge < -0.3 is 10.5 Å². The summed E-state index contributed by atoms with van der Waals surface area (Å²) >= 11 is 0. The molecule has 1 aliphatic rings. The van der Waals surface area contributed by atoms with Crippen LogP contribution < -0.4 is 10.5 Å². The SMILES string of the molecule is Cc1cc(C#N)cc2c1OCC[C@@H]2N. The van der Waals surface area contributed by atoms with Crippen molar-refractivity contribution >= 4 is 0 Å². The second-order valence-electron chi connectivity index (χ2n) is 3.57. The van der Waals surface area contributed by atoms with Crippen LogP contribution in [0.5, 0.6) is 5.75 Å². The monoisotopic (exact) mass is 188 g/mol. The van der Waals surface area contributed by atoms with Crippen molar-refractivity contribution in [3.05, 3.63) is 28.8 Å². The molecule has 0 bridgehead atoms. The van der Waals surface area contributed by atoms with Crippen molar-refractivity contribution in [1.29, 1.82) is 5.26 Å². The minimum absolute atomic E-state index is 0.00532. The van der Waals surface area contributed by atoms with Crippen molar-refractivity contribution < 1.29 is 4.74 Å². The van der Waals surface area contributed by atoms with Gasteiger partial charge in [-0.05, 0) is 24.6 Å². The molecule has 3 heteroatoms. The summed E-state index contributed by atoms with van der Waals surface area (Å²) in [5, 5.41) is 8.82. The Kier molecular flexibility index (Phi) is 2.14. The molecule has 2 rings (SSSR count). The van der Waals surface area contributed by atoms with Gasteiger partial charge in [-0.25, -0.2) is 0 Å². The summed E-state index contributed by atoms with van der Waals surface area (Å²) in [6.07, 6.45) is 0.821. The van der Waals surface area contributed by atoms with Gasteiger partial charge in [-0.15, -0.1) is 0 Å². The van der Waals surface area contributed by atoms with Crippen LogP contribution in [0.4, 0.5) is 0 Å². The van der Waals surface area contributed by atoms with Gasteiger partial charge in [0.25, 0.3) is 0 Å². The average Bonchev–Trinajstić information content (AvgIpc) is 2.19. The molecule has 1 atom stereocenters. The van der Waals surface area contributed by atoms with E-state index in [0.717, 1.165) is 23.3 Å². The molecule has 1 aromatic carbocycles. The average molecular weight is 188 g/mol. The molecule has 0 aromatic heterocycles. The number of nitrogens with two attached hydrogens (primary N) is 1. The number of hydrogen-bond donors (Lipinski definition) is 1. The van der Waals surface area contributed by atoms with Gasteiger partial charge in [0.15, 0.2) is 0 Å². The van der Waals surface area contributed by atoms with Gasteiger partial charge in [0, 0.05) is 18.0 Å². The van der Waals surface area contributed by atoms with Gasteiger partial charge in [-0.2, -0.15) is 5.26 Å². The van der Waals surface area contributed by atoms with Crippen LogP contribution in [0.1, 0.15) is 29.2 Å². The number of nitrogens with zero attached hydrogens (tertiary/aromatic N) is 1. The number of fused-ring (bicyclic) bond motifs is 1. The lowest BCUT2D eigenvalue weighted by Gasteiger charge is -2.24. The molecular formula is C11H12N2O. The van der Waals surface area contributed by atoms with Gasteiger partial charge in [0.1, 0.15) is 5.75 Å². The molecule has 1 aromatic rings. The molecule has 0 amide bonds. The van der Waals surface area contributed by atoms with Gasteiger partial charge >= 0.3 is 0 Å². The minimum atomic E-state index is 0.00532. The van der Waals surface area contributed by atoms with E-state index in [4.69, 9.17) is 15.7 Å². The van der Waals surface area contributed by atoms with E-state index in [1.807, 2.05) is 19.1 Å². The fraction of sp³-hybridized carbons (Fsp3) is 0.364. The van der Waals surface area contributed by atoms with Crippen molar-refractivity contribution in [1.82, 2.24) is 0 Å². The van der Waals surface area contributed by atoms with Crippen molar-refractivity contribution in [2.75, 3.05) is 6.61 Å². The van der Waals surface area contributed by atoms with Gasteiger partial charge in [0.05, 0.1) is 18.2 Å². The number of hydrogen-bond acceptors (Lipinski definition) is 3. The van der Waals surface area contributed by atoms with Crippen LogP contribution in [-0.2, 0) is 0 Å². The van der Waals surface area contributed by atoms with Crippen LogP contribution in [0.25, 0.3) is 0 Å². The van der Waals surface area contributed by atoms with E-state index in [1.165, 1.54) is 0 Å². The predicted molar refractivity (Wildman–Crippen MR) is 52.9 cm³/mol. The summed E-state index contributed by atoms with van der Waals surface area (Å²) in [5.74, 6) is 0.864. The maximum atomic E-state index is 8.82. The second-order valence-corrected chi connectivity index (χ2v) is 3.57. The summed E-state index contributed by atoms with van der Waals surface area (Å²) < 4.78 is 5.53. The Morgan fingerprint density at radius 2 is 2.36 bits per heavy atom.